The van der Waals surface area contributed by atoms with Crippen LogP contribution in [0.3, 0.4) is 0 Å². The molecule has 0 saturated heterocycles. The third-order valence-corrected chi connectivity index (χ3v) is 4.28. The molecule has 2 amide bonds. The number of imide groups is 1. The molecule has 0 aliphatic carbocycles. The number of amides is 2. The van der Waals surface area contributed by atoms with Gasteiger partial charge in [-0.1, -0.05) is 12.1 Å². The van der Waals surface area contributed by atoms with Crippen molar-refractivity contribution in [1.29, 1.82) is 0 Å². The second-order valence-corrected chi connectivity index (χ2v) is 5.92. The SMILES string of the molecule is COc1ccc(/C=C/C(=O)OCCN2C(=O)c3ccccc3C2=O)c(OC)c1. The number of benzene rings is 2. The summed E-state index contributed by atoms with van der Waals surface area (Å²) < 4.78 is 15.5. The van der Waals surface area contributed by atoms with Crippen LogP contribution in [0.25, 0.3) is 6.08 Å². The maximum absolute atomic E-state index is 12.2. The van der Waals surface area contributed by atoms with Gasteiger partial charge in [0.05, 0.1) is 31.9 Å². The Labute approximate surface area is 162 Å². The predicted octanol–water partition coefficient (Wildman–Crippen LogP) is 2.56. The first-order chi connectivity index (χ1) is 13.5. The fourth-order valence-corrected chi connectivity index (χ4v) is 2.84. The molecule has 0 aromatic heterocycles. The quantitative estimate of drug-likeness (QED) is 0.416. The summed E-state index contributed by atoms with van der Waals surface area (Å²) in [7, 11) is 3.07. The highest BCUT2D eigenvalue weighted by Crippen LogP contribution is 2.25. The van der Waals surface area contributed by atoms with E-state index in [1.807, 2.05) is 0 Å². The number of carbonyl (C=O) groups excluding carboxylic acids is 3. The molecule has 0 fully saturated rings. The first kappa shape index (κ1) is 19.2. The van der Waals surface area contributed by atoms with E-state index in [0.717, 1.165) is 4.90 Å². The minimum atomic E-state index is -0.588. The Bertz CT molecular complexity index is 915. The van der Waals surface area contributed by atoms with Gasteiger partial charge in [-0.25, -0.2) is 4.79 Å². The van der Waals surface area contributed by atoms with Gasteiger partial charge in [0.1, 0.15) is 18.1 Å². The van der Waals surface area contributed by atoms with Gasteiger partial charge in [0, 0.05) is 17.7 Å². The van der Waals surface area contributed by atoms with Crippen molar-refractivity contribution < 1.29 is 28.6 Å². The van der Waals surface area contributed by atoms with Crippen molar-refractivity contribution in [3.8, 4) is 11.5 Å². The fraction of sp³-hybridized carbons (Fsp3) is 0.190. The fourth-order valence-electron chi connectivity index (χ4n) is 2.84. The molecule has 0 bridgehead atoms. The summed E-state index contributed by atoms with van der Waals surface area (Å²) in [6, 6.07) is 11.8. The van der Waals surface area contributed by atoms with Crippen LogP contribution in [0.15, 0.2) is 48.5 Å². The van der Waals surface area contributed by atoms with Crippen LogP contribution in [-0.2, 0) is 9.53 Å². The van der Waals surface area contributed by atoms with Crippen LogP contribution in [0, 0.1) is 0 Å². The van der Waals surface area contributed by atoms with E-state index in [0.29, 0.717) is 28.2 Å². The van der Waals surface area contributed by atoms with Crippen LogP contribution in [0.4, 0.5) is 0 Å². The number of rotatable bonds is 7. The van der Waals surface area contributed by atoms with Crippen LogP contribution < -0.4 is 9.47 Å². The van der Waals surface area contributed by atoms with E-state index >= 15 is 0 Å². The molecule has 1 heterocycles. The molecular formula is C21H19NO6. The molecule has 28 heavy (non-hydrogen) atoms. The Morgan fingerprint density at radius 2 is 1.68 bits per heavy atom. The topological polar surface area (TPSA) is 82.1 Å². The van der Waals surface area contributed by atoms with Crippen LogP contribution >= 0.6 is 0 Å². The monoisotopic (exact) mass is 381 g/mol. The lowest BCUT2D eigenvalue weighted by Gasteiger charge is -2.13. The average molecular weight is 381 g/mol. The van der Waals surface area contributed by atoms with E-state index in [-0.39, 0.29) is 25.0 Å². The van der Waals surface area contributed by atoms with Crippen LogP contribution in [0.1, 0.15) is 26.3 Å². The van der Waals surface area contributed by atoms with Crippen molar-refractivity contribution in [2.75, 3.05) is 27.4 Å². The number of carbonyl (C=O) groups is 3. The molecule has 0 N–H and O–H groups in total. The molecule has 0 unspecified atom stereocenters. The average Bonchev–Trinajstić information content (AvgIpc) is 2.97. The van der Waals surface area contributed by atoms with Gasteiger partial charge in [0.2, 0.25) is 0 Å². The van der Waals surface area contributed by atoms with E-state index in [9.17, 15) is 14.4 Å². The zero-order valence-corrected chi connectivity index (χ0v) is 15.5. The Morgan fingerprint density at radius 1 is 1.00 bits per heavy atom. The van der Waals surface area contributed by atoms with Crippen molar-refractivity contribution in [2.24, 2.45) is 0 Å². The number of esters is 1. The highest BCUT2D eigenvalue weighted by molar-refractivity contribution is 6.21. The van der Waals surface area contributed by atoms with Gasteiger partial charge in [0.15, 0.2) is 0 Å². The van der Waals surface area contributed by atoms with Crippen molar-refractivity contribution in [2.45, 2.75) is 0 Å². The summed E-state index contributed by atoms with van der Waals surface area (Å²) in [6.07, 6.45) is 2.81. The van der Waals surface area contributed by atoms with Gasteiger partial charge in [-0.3, -0.25) is 14.5 Å². The third kappa shape index (κ3) is 3.88. The molecule has 0 spiro atoms. The normalized spacial score (nSPS) is 13.0. The number of methoxy groups -OCH3 is 2. The third-order valence-electron chi connectivity index (χ3n) is 4.28. The Morgan fingerprint density at radius 3 is 2.29 bits per heavy atom. The molecule has 2 aromatic carbocycles. The van der Waals surface area contributed by atoms with E-state index < -0.39 is 5.97 Å². The van der Waals surface area contributed by atoms with Gasteiger partial charge in [0.25, 0.3) is 11.8 Å². The van der Waals surface area contributed by atoms with Crippen molar-refractivity contribution in [1.82, 2.24) is 4.90 Å². The highest BCUT2D eigenvalue weighted by Gasteiger charge is 2.34. The van der Waals surface area contributed by atoms with Crippen LogP contribution in [-0.4, -0.2) is 50.1 Å². The summed E-state index contributed by atoms with van der Waals surface area (Å²) >= 11 is 0. The number of hydrogen-bond acceptors (Lipinski definition) is 6. The van der Waals surface area contributed by atoms with Crippen molar-refractivity contribution in [3.05, 3.63) is 65.2 Å². The van der Waals surface area contributed by atoms with E-state index in [4.69, 9.17) is 14.2 Å². The van der Waals surface area contributed by atoms with E-state index in [1.54, 1.807) is 55.7 Å². The number of nitrogens with zero attached hydrogens (tertiary/aromatic N) is 1. The van der Waals surface area contributed by atoms with Gasteiger partial charge in [-0.05, 0) is 30.3 Å². The zero-order valence-electron chi connectivity index (χ0n) is 15.5. The molecule has 0 atom stereocenters. The molecule has 0 saturated carbocycles. The predicted molar refractivity (Wildman–Crippen MR) is 101 cm³/mol. The second kappa shape index (κ2) is 8.39. The Hall–Kier alpha value is -3.61. The molecule has 2 aromatic rings. The summed E-state index contributed by atoms with van der Waals surface area (Å²) in [5.74, 6) is -0.160. The molecule has 1 aliphatic rings. The lowest BCUT2D eigenvalue weighted by Crippen LogP contribution is -2.33. The maximum Gasteiger partial charge on any atom is 0.330 e. The minimum Gasteiger partial charge on any atom is -0.497 e. The highest BCUT2D eigenvalue weighted by atomic mass is 16.5. The maximum atomic E-state index is 12.2. The van der Waals surface area contributed by atoms with Gasteiger partial charge >= 0.3 is 5.97 Å². The first-order valence-electron chi connectivity index (χ1n) is 8.57. The standard InChI is InChI=1S/C21H19NO6/c1-26-15-9-7-14(18(13-15)27-2)8-10-19(23)28-12-11-22-20(24)16-5-3-4-6-17(16)21(22)25/h3-10,13H,11-12H2,1-2H3/b10-8+. The van der Waals surface area contributed by atoms with Gasteiger partial charge < -0.3 is 14.2 Å². The van der Waals surface area contributed by atoms with E-state index in [1.165, 1.54) is 13.2 Å². The molecule has 0 radical (unpaired) electrons. The molecule has 3 rings (SSSR count). The van der Waals surface area contributed by atoms with Crippen molar-refractivity contribution >= 4 is 23.9 Å². The molecule has 144 valence electrons. The molecule has 1 aliphatic heterocycles. The van der Waals surface area contributed by atoms with E-state index in [2.05, 4.69) is 0 Å². The Balaban J connectivity index is 1.55. The summed E-state index contributed by atoms with van der Waals surface area (Å²) in [5.41, 5.74) is 1.41. The summed E-state index contributed by atoms with van der Waals surface area (Å²) in [4.78, 5) is 37.5. The molecule has 7 heteroatoms. The summed E-state index contributed by atoms with van der Waals surface area (Å²) in [6.45, 7) is -0.0911. The van der Waals surface area contributed by atoms with Gasteiger partial charge in [-0.15, -0.1) is 0 Å². The number of fused-ring (bicyclic) bond motifs is 1. The number of ether oxygens (including phenoxy) is 3. The van der Waals surface area contributed by atoms with Crippen LogP contribution in [0.2, 0.25) is 0 Å². The second-order valence-electron chi connectivity index (χ2n) is 5.92. The largest absolute Gasteiger partial charge is 0.497 e. The van der Waals surface area contributed by atoms with Gasteiger partial charge in [-0.2, -0.15) is 0 Å². The lowest BCUT2D eigenvalue weighted by molar-refractivity contribution is -0.137. The van der Waals surface area contributed by atoms with Crippen molar-refractivity contribution in [3.63, 3.8) is 0 Å². The smallest absolute Gasteiger partial charge is 0.330 e. The summed E-state index contributed by atoms with van der Waals surface area (Å²) in [5, 5.41) is 0. The number of hydrogen-bond donors (Lipinski definition) is 0. The lowest BCUT2D eigenvalue weighted by atomic mass is 10.1. The van der Waals surface area contributed by atoms with Crippen LogP contribution in [0.5, 0.6) is 11.5 Å². The molecule has 7 nitrogen and oxygen atoms in total. The molecular weight excluding hydrogens is 362 g/mol. The zero-order chi connectivity index (χ0) is 20.1. The Kier molecular flexibility index (Phi) is 5.74. The first-order valence-corrected chi connectivity index (χ1v) is 8.57. The minimum absolute atomic E-state index is 0.00220.